The van der Waals surface area contributed by atoms with Crippen LogP contribution in [0.15, 0.2) is 73.3 Å². The second-order valence-electron chi connectivity index (χ2n) is 8.32. The second-order valence-corrected chi connectivity index (χ2v) is 13.6. The SMILES string of the molecule is C=C[C@@H](CO[Si](c1ccccc1)(c1ccccc1)C(C)(C)C)[C@@H](C)CS(=O)[O-].[Na+]. The molecule has 3 nitrogen and oxygen atoms in total. The van der Waals surface area contributed by atoms with Crippen molar-refractivity contribution in [2.45, 2.75) is 32.7 Å². The molecule has 0 aliphatic carbocycles. The van der Waals surface area contributed by atoms with Crippen LogP contribution in [0.2, 0.25) is 5.04 Å². The summed E-state index contributed by atoms with van der Waals surface area (Å²) in [6.45, 7) is 13.0. The Morgan fingerprint density at radius 2 is 1.52 bits per heavy atom. The van der Waals surface area contributed by atoms with E-state index in [1.807, 2.05) is 25.1 Å². The summed E-state index contributed by atoms with van der Waals surface area (Å²) in [5, 5.41) is 2.33. The smallest absolute Gasteiger partial charge is 0.772 e. The van der Waals surface area contributed by atoms with E-state index in [1.165, 1.54) is 10.4 Å². The first-order valence-corrected chi connectivity index (χ1v) is 12.8. The van der Waals surface area contributed by atoms with Gasteiger partial charge in [0.25, 0.3) is 8.32 Å². The molecule has 0 N–H and O–H groups in total. The van der Waals surface area contributed by atoms with Crippen molar-refractivity contribution in [1.29, 1.82) is 0 Å². The van der Waals surface area contributed by atoms with Gasteiger partial charge >= 0.3 is 29.6 Å². The van der Waals surface area contributed by atoms with E-state index in [1.54, 1.807) is 0 Å². The molecular weight excluding hydrogens is 407 g/mol. The van der Waals surface area contributed by atoms with E-state index in [9.17, 15) is 8.76 Å². The third-order valence-corrected chi connectivity index (χ3v) is 11.1. The van der Waals surface area contributed by atoms with Crippen LogP contribution < -0.4 is 39.9 Å². The van der Waals surface area contributed by atoms with Gasteiger partial charge in [-0.15, -0.1) is 6.58 Å². The van der Waals surface area contributed by atoms with Gasteiger partial charge in [-0.2, -0.15) is 0 Å². The molecule has 2 aromatic carbocycles. The Hall–Kier alpha value is -0.533. The van der Waals surface area contributed by atoms with Crippen molar-refractivity contribution in [3.63, 3.8) is 0 Å². The molecule has 0 fully saturated rings. The Labute approximate surface area is 201 Å². The van der Waals surface area contributed by atoms with E-state index >= 15 is 0 Å². The molecule has 0 spiro atoms. The van der Waals surface area contributed by atoms with E-state index in [2.05, 4.69) is 75.9 Å². The van der Waals surface area contributed by atoms with Crippen molar-refractivity contribution in [2.24, 2.45) is 11.8 Å². The van der Waals surface area contributed by atoms with Crippen LogP contribution in [-0.2, 0) is 15.5 Å². The number of benzene rings is 2. The van der Waals surface area contributed by atoms with Crippen LogP contribution in [0, 0.1) is 11.8 Å². The minimum Gasteiger partial charge on any atom is -0.772 e. The topological polar surface area (TPSA) is 49.4 Å². The molecule has 0 heterocycles. The average molecular weight is 439 g/mol. The Balaban J connectivity index is 0.00000420. The van der Waals surface area contributed by atoms with Crippen molar-refractivity contribution in [2.75, 3.05) is 12.4 Å². The van der Waals surface area contributed by atoms with Crippen molar-refractivity contribution < 1.29 is 42.7 Å². The molecule has 3 atom stereocenters. The predicted octanol–water partition coefficient (Wildman–Crippen LogP) is 0.884. The maximum absolute atomic E-state index is 11.2. The van der Waals surface area contributed by atoms with Crippen LogP contribution in [0.25, 0.3) is 0 Å². The molecule has 0 radical (unpaired) electrons. The fraction of sp³-hybridized carbons (Fsp3) is 0.391. The van der Waals surface area contributed by atoms with Crippen molar-refractivity contribution >= 4 is 29.8 Å². The summed E-state index contributed by atoms with van der Waals surface area (Å²) in [6, 6.07) is 20.9. The third-order valence-electron chi connectivity index (χ3n) is 5.34. The van der Waals surface area contributed by atoms with Gasteiger partial charge in [-0.25, -0.2) is 0 Å². The Morgan fingerprint density at radius 3 is 1.86 bits per heavy atom. The van der Waals surface area contributed by atoms with Crippen molar-refractivity contribution in [3.8, 4) is 0 Å². The van der Waals surface area contributed by atoms with Crippen LogP contribution in [0.4, 0.5) is 0 Å². The fourth-order valence-corrected chi connectivity index (χ4v) is 9.06. The largest absolute Gasteiger partial charge is 1.00 e. The summed E-state index contributed by atoms with van der Waals surface area (Å²) in [4.78, 5) is 0. The molecule has 0 saturated carbocycles. The first-order valence-electron chi connectivity index (χ1n) is 9.65. The first kappa shape index (κ1) is 26.5. The predicted molar refractivity (Wildman–Crippen MR) is 120 cm³/mol. The standard InChI is InChI=1S/C23H32O3SSi.Na/c1-6-20(19(2)18-27(24)25)17-26-28(23(3,4)5,21-13-9-7-10-14-21)22-15-11-8-12-16-22;/h6-16,19-20H,1,17-18H2,2-5H3,(H,24,25);/q;+1/p-1/t19-,20-;/m0./s1. The summed E-state index contributed by atoms with van der Waals surface area (Å²) < 4.78 is 29.2. The normalized spacial score (nSPS) is 15.1. The molecule has 0 aromatic heterocycles. The molecule has 0 aliphatic heterocycles. The summed E-state index contributed by atoms with van der Waals surface area (Å²) in [5.41, 5.74) is 0. The number of rotatable bonds is 9. The van der Waals surface area contributed by atoms with Gasteiger partial charge < -0.3 is 8.98 Å². The van der Waals surface area contributed by atoms with Gasteiger partial charge in [0.1, 0.15) is 0 Å². The molecule has 152 valence electrons. The zero-order valence-electron chi connectivity index (χ0n) is 18.3. The quantitative estimate of drug-likeness (QED) is 0.332. The average Bonchev–Trinajstić information content (AvgIpc) is 2.65. The Morgan fingerprint density at radius 1 is 1.07 bits per heavy atom. The molecular formula is C23H31NaO3SSi. The summed E-state index contributed by atoms with van der Waals surface area (Å²) >= 11 is -2.07. The maximum Gasteiger partial charge on any atom is 1.00 e. The minimum absolute atomic E-state index is 0. The van der Waals surface area contributed by atoms with E-state index in [-0.39, 0.29) is 52.2 Å². The molecule has 29 heavy (non-hydrogen) atoms. The summed E-state index contributed by atoms with van der Waals surface area (Å²) in [7, 11) is -2.62. The Bertz CT molecular complexity index is 738. The van der Waals surface area contributed by atoms with Crippen LogP contribution in [0.5, 0.6) is 0 Å². The van der Waals surface area contributed by atoms with E-state index < -0.39 is 19.4 Å². The number of hydrogen-bond donors (Lipinski definition) is 0. The van der Waals surface area contributed by atoms with Gasteiger partial charge in [0.2, 0.25) is 0 Å². The van der Waals surface area contributed by atoms with E-state index in [4.69, 9.17) is 4.43 Å². The zero-order valence-corrected chi connectivity index (χ0v) is 22.1. The molecule has 1 unspecified atom stereocenters. The second kappa shape index (κ2) is 11.7. The van der Waals surface area contributed by atoms with Gasteiger partial charge in [-0.1, -0.05) is 106 Å². The summed E-state index contributed by atoms with van der Waals surface area (Å²) in [5.74, 6) is 0.0365. The third kappa shape index (κ3) is 6.47. The molecule has 2 rings (SSSR count). The van der Waals surface area contributed by atoms with Crippen molar-refractivity contribution in [3.05, 3.63) is 73.3 Å². The van der Waals surface area contributed by atoms with Crippen LogP contribution in [-0.4, -0.2) is 29.4 Å². The monoisotopic (exact) mass is 438 g/mol. The molecule has 6 heteroatoms. The van der Waals surface area contributed by atoms with Gasteiger partial charge in [0.15, 0.2) is 0 Å². The molecule has 0 amide bonds. The van der Waals surface area contributed by atoms with Gasteiger partial charge in [-0.05, 0) is 21.3 Å². The van der Waals surface area contributed by atoms with Gasteiger partial charge in [0, 0.05) is 18.3 Å². The van der Waals surface area contributed by atoms with Gasteiger partial charge in [-0.3, -0.25) is 4.21 Å². The van der Waals surface area contributed by atoms with E-state index in [0.717, 1.165) is 0 Å². The summed E-state index contributed by atoms with van der Waals surface area (Å²) in [6.07, 6.45) is 1.83. The van der Waals surface area contributed by atoms with Crippen LogP contribution in [0.1, 0.15) is 27.7 Å². The molecule has 0 aliphatic rings. The van der Waals surface area contributed by atoms with Crippen LogP contribution >= 0.6 is 0 Å². The van der Waals surface area contributed by atoms with Crippen molar-refractivity contribution in [1.82, 2.24) is 0 Å². The van der Waals surface area contributed by atoms with Gasteiger partial charge in [0.05, 0.1) is 0 Å². The maximum atomic E-state index is 11.2. The number of hydrogen-bond acceptors (Lipinski definition) is 3. The minimum atomic E-state index is -2.62. The first-order chi connectivity index (χ1) is 13.2. The zero-order chi connectivity index (χ0) is 20.8. The molecule has 0 saturated heterocycles. The van der Waals surface area contributed by atoms with E-state index in [0.29, 0.717) is 6.61 Å². The molecule has 0 bridgehead atoms. The Kier molecular flexibility index (Phi) is 10.7. The fourth-order valence-electron chi connectivity index (χ4n) is 3.79. The van der Waals surface area contributed by atoms with Crippen LogP contribution in [0.3, 0.4) is 0 Å². The molecule has 2 aromatic rings.